The van der Waals surface area contributed by atoms with Gasteiger partial charge < -0.3 is 0 Å². The SMILES string of the molecule is Cc1cccc(-c2ccc3c(c2)C(=C(C#N)C#N)c2nc4c(nc2-3)C(=C(C#N)C#N)c2cc(-c3ccc(C(F)(F)F)cc3)ccc2-4)c1. The molecule has 220 valence electrons. The fourth-order valence-electron chi connectivity index (χ4n) is 6.15. The van der Waals surface area contributed by atoms with E-state index in [1.54, 1.807) is 18.2 Å². The Hall–Kier alpha value is -6.81. The molecule has 5 aromatic rings. The first kappa shape index (κ1) is 28.9. The lowest BCUT2D eigenvalue weighted by atomic mass is 9.95. The van der Waals surface area contributed by atoms with Gasteiger partial charge in [-0.15, -0.1) is 0 Å². The van der Waals surface area contributed by atoms with Crippen molar-refractivity contribution in [1.82, 2.24) is 9.97 Å². The van der Waals surface area contributed by atoms with Crippen molar-refractivity contribution in [2.75, 3.05) is 0 Å². The molecule has 0 aliphatic heterocycles. The molecule has 0 amide bonds. The van der Waals surface area contributed by atoms with Crippen molar-refractivity contribution in [1.29, 1.82) is 21.0 Å². The van der Waals surface area contributed by atoms with Gasteiger partial charge in [-0.25, -0.2) is 9.97 Å². The third kappa shape index (κ3) is 4.55. The van der Waals surface area contributed by atoms with Crippen LogP contribution in [0.5, 0.6) is 0 Å². The topological polar surface area (TPSA) is 121 Å². The first-order chi connectivity index (χ1) is 22.7. The summed E-state index contributed by atoms with van der Waals surface area (Å²) in [5.74, 6) is 0. The van der Waals surface area contributed by atoms with Crippen LogP contribution >= 0.6 is 0 Å². The monoisotopic (exact) mass is 614 g/mol. The van der Waals surface area contributed by atoms with Gasteiger partial charge in [0.2, 0.25) is 0 Å². The molecule has 0 bridgehead atoms. The van der Waals surface area contributed by atoms with Gasteiger partial charge in [-0.2, -0.15) is 34.2 Å². The van der Waals surface area contributed by atoms with E-state index in [1.807, 2.05) is 73.7 Å². The third-order valence-corrected chi connectivity index (χ3v) is 8.30. The summed E-state index contributed by atoms with van der Waals surface area (Å²) in [5, 5.41) is 39.8. The van der Waals surface area contributed by atoms with Crippen molar-refractivity contribution in [2.45, 2.75) is 13.1 Å². The van der Waals surface area contributed by atoms with Crippen LogP contribution in [0.1, 0.15) is 33.6 Å². The maximum Gasteiger partial charge on any atom is 0.416 e. The van der Waals surface area contributed by atoms with Gasteiger partial charge in [0, 0.05) is 22.3 Å². The Kier molecular flexibility index (Phi) is 6.57. The van der Waals surface area contributed by atoms with Crippen LogP contribution in [0, 0.1) is 52.2 Å². The van der Waals surface area contributed by atoms with Crippen LogP contribution in [0.4, 0.5) is 13.2 Å². The number of allylic oxidation sites excluding steroid dienone is 2. The number of alkyl halides is 3. The Labute approximate surface area is 266 Å². The lowest BCUT2D eigenvalue weighted by Gasteiger charge is -2.09. The van der Waals surface area contributed by atoms with Gasteiger partial charge in [0.15, 0.2) is 0 Å². The summed E-state index contributed by atoms with van der Waals surface area (Å²) < 4.78 is 39.5. The van der Waals surface area contributed by atoms with Gasteiger partial charge in [-0.3, -0.25) is 0 Å². The van der Waals surface area contributed by atoms with Crippen molar-refractivity contribution in [2.24, 2.45) is 0 Å². The molecule has 0 radical (unpaired) electrons. The van der Waals surface area contributed by atoms with E-state index in [9.17, 15) is 34.2 Å². The Morgan fingerprint density at radius 3 is 1.43 bits per heavy atom. The zero-order valence-electron chi connectivity index (χ0n) is 24.4. The standard InChI is InChI=1S/C38H17F3N6/c1-20-3-2-4-22(13-20)24-8-12-29-31(15-24)33(26(18-44)19-45)37-35(29)47-36-32(25(16-42)17-43)30-14-23(7-11-28(30)34(36)46-37)21-5-9-27(10-6-21)38(39,40)41/h2-15H,1H3. The molecule has 1 heterocycles. The van der Waals surface area contributed by atoms with Crippen molar-refractivity contribution >= 4 is 11.1 Å². The molecule has 6 nitrogen and oxygen atoms in total. The minimum atomic E-state index is -4.48. The molecular weight excluding hydrogens is 597 g/mol. The van der Waals surface area contributed by atoms with Crippen LogP contribution in [0.25, 0.3) is 55.9 Å². The second-order valence-electron chi connectivity index (χ2n) is 11.0. The number of hydrogen-bond donors (Lipinski definition) is 0. The molecule has 0 saturated heterocycles. The number of hydrogen-bond acceptors (Lipinski definition) is 6. The lowest BCUT2D eigenvalue weighted by molar-refractivity contribution is -0.137. The van der Waals surface area contributed by atoms with Crippen LogP contribution in [-0.4, -0.2) is 9.97 Å². The molecule has 0 N–H and O–H groups in total. The number of halogens is 3. The first-order valence-corrected chi connectivity index (χ1v) is 14.2. The number of aromatic nitrogens is 2. The zero-order valence-corrected chi connectivity index (χ0v) is 24.4. The highest BCUT2D eigenvalue weighted by Gasteiger charge is 2.37. The molecule has 2 aliphatic rings. The van der Waals surface area contributed by atoms with Crippen LogP contribution in [0.3, 0.4) is 0 Å². The molecule has 0 fully saturated rings. The van der Waals surface area contributed by atoms with Crippen LogP contribution in [0.2, 0.25) is 0 Å². The Balaban J connectivity index is 1.44. The summed E-state index contributed by atoms with van der Waals surface area (Å²) in [6.45, 7) is 1.99. The fraction of sp³-hybridized carbons (Fsp3) is 0.0526. The number of fused-ring (bicyclic) bond motifs is 6. The molecule has 0 saturated carbocycles. The average Bonchev–Trinajstić information content (AvgIpc) is 3.56. The van der Waals surface area contributed by atoms with Gasteiger partial charge in [-0.05, 0) is 64.6 Å². The highest BCUT2D eigenvalue weighted by atomic mass is 19.4. The van der Waals surface area contributed by atoms with Crippen LogP contribution in [0.15, 0.2) is 96.1 Å². The molecule has 9 heteroatoms. The van der Waals surface area contributed by atoms with Gasteiger partial charge in [-0.1, -0.05) is 66.2 Å². The number of benzene rings is 4. The van der Waals surface area contributed by atoms with E-state index in [0.29, 0.717) is 56.0 Å². The second-order valence-corrected chi connectivity index (χ2v) is 11.0. The summed E-state index contributed by atoms with van der Waals surface area (Å²) in [6, 6.07) is 31.4. The van der Waals surface area contributed by atoms with Crippen molar-refractivity contribution in [3.63, 3.8) is 0 Å². The molecule has 7 rings (SSSR count). The van der Waals surface area contributed by atoms with Gasteiger partial charge in [0.05, 0.1) is 17.0 Å². The summed E-state index contributed by atoms with van der Waals surface area (Å²) in [4.78, 5) is 9.89. The summed E-state index contributed by atoms with van der Waals surface area (Å²) >= 11 is 0. The molecular formula is C38H17F3N6. The minimum absolute atomic E-state index is 0.137. The molecule has 0 unspecified atom stereocenters. The Morgan fingerprint density at radius 2 is 0.979 bits per heavy atom. The maximum absolute atomic E-state index is 13.2. The van der Waals surface area contributed by atoms with Gasteiger partial charge >= 0.3 is 6.18 Å². The fourth-order valence-corrected chi connectivity index (χ4v) is 6.15. The molecule has 0 atom stereocenters. The second kappa shape index (κ2) is 10.7. The van der Waals surface area contributed by atoms with Crippen molar-refractivity contribution in [3.8, 4) is 69.0 Å². The van der Waals surface area contributed by atoms with E-state index in [1.165, 1.54) is 12.1 Å². The maximum atomic E-state index is 13.2. The smallest absolute Gasteiger partial charge is 0.243 e. The summed E-state index contributed by atoms with van der Waals surface area (Å²) in [5.41, 5.74) is 7.09. The molecule has 47 heavy (non-hydrogen) atoms. The highest BCUT2D eigenvalue weighted by molar-refractivity contribution is 6.07. The highest BCUT2D eigenvalue weighted by Crippen LogP contribution is 2.51. The normalized spacial score (nSPS) is 12.1. The van der Waals surface area contributed by atoms with E-state index < -0.39 is 11.7 Å². The number of aryl methyl sites for hydroxylation is 1. The van der Waals surface area contributed by atoms with Gasteiger partial charge in [0.1, 0.15) is 46.8 Å². The van der Waals surface area contributed by atoms with Gasteiger partial charge in [0.25, 0.3) is 0 Å². The number of nitrogens with zero attached hydrogens (tertiary/aromatic N) is 6. The minimum Gasteiger partial charge on any atom is -0.243 e. The van der Waals surface area contributed by atoms with Crippen molar-refractivity contribution < 1.29 is 13.2 Å². The molecule has 2 aliphatic carbocycles. The van der Waals surface area contributed by atoms with Crippen molar-refractivity contribution in [3.05, 3.63) is 130 Å². The molecule has 1 aromatic heterocycles. The Morgan fingerprint density at radius 1 is 0.532 bits per heavy atom. The summed E-state index contributed by atoms with van der Waals surface area (Å²) in [6.07, 6.45) is -4.48. The van der Waals surface area contributed by atoms with Crippen LogP contribution in [-0.2, 0) is 6.18 Å². The quantitative estimate of drug-likeness (QED) is 0.179. The predicted octanol–water partition coefficient (Wildman–Crippen LogP) is 8.80. The first-order valence-electron chi connectivity index (χ1n) is 14.2. The molecule has 0 spiro atoms. The van der Waals surface area contributed by atoms with E-state index >= 15 is 0 Å². The van der Waals surface area contributed by atoms with E-state index in [-0.39, 0.29) is 22.4 Å². The van der Waals surface area contributed by atoms with E-state index in [2.05, 4.69) is 0 Å². The zero-order chi connectivity index (χ0) is 33.0. The van der Waals surface area contributed by atoms with E-state index in [4.69, 9.17) is 9.97 Å². The largest absolute Gasteiger partial charge is 0.416 e. The predicted molar refractivity (Wildman–Crippen MR) is 168 cm³/mol. The number of rotatable bonds is 2. The van der Waals surface area contributed by atoms with Crippen LogP contribution < -0.4 is 0 Å². The lowest BCUT2D eigenvalue weighted by Crippen LogP contribution is -2.03. The van der Waals surface area contributed by atoms with E-state index in [0.717, 1.165) is 28.8 Å². The third-order valence-electron chi connectivity index (χ3n) is 8.30. The average molecular weight is 615 g/mol. The molecule has 4 aromatic carbocycles. The number of nitriles is 4. The Bertz CT molecular complexity index is 2410. The summed E-state index contributed by atoms with van der Waals surface area (Å²) in [7, 11) is 0.